The van der Waals surface area contributed by atoms with Crippen LogP contribution in [0.4, 0.5) is 8.78 Å². The van der Waals surface area contributed by atoms with Crippen molar-refractivity contribution in [3.63, 3.8) is 0 Å². The summed E-state index contributed by atoms with van der Waals surface area (Å²) in [5.74, 6) is 0.0111. The molecular formula is C15H16ClF2N3O2. The van der Waals surface area contributed by atoms with Crippen LogP contribution in [0.1, 0.15) is 12.5 Å². The average molecular weight is 344 g/mol. The summed E-state index contributed by atoms with van der Waals surface area (Å²) in [5, 5.41) is 18.1. The van der Waals surface area contributed by atoms with Gasteiger partial charge in [0.1, 0.15) is 5.75 Å². The van der Waals surface area contributed by atoms with Crippen molar-refractivity contribution in [1.29, 1.82) is 0 Å². The first-order chi connectivity index (χ1) is 11.0. The maximum atomic E-state index is 12.5. The van der Waals surface area contributed by atoms with E-state index in [9.17, 15) is 13.9 Å². The molecule has 1 aliphatic heterocycles. The number of halogens is 3. The average Bonchev–Trinajstić information content (AvgIpc) is 2.98. The number of aromatic nitrogens is 2. The molecule has 23 heavy (non-hydrogen) atoms. The first-order valence-electron chi connectivity index (χ1n) is 7.23. The van der Waals surface area contributed by atoms with Gasteiger partial charge in [-0.05, 0) is 37.2 Å². The van der Waals surface area contributed by atoms with Gasteiger partial charge in [-0.1, -0.05) is 11.6 Å². The van der Waals surface area contributed by atoms with Gasteiger partial charge in [0, 0.05) is 23.3 Å². The van der Waals surface area contributed by atoms with Crippen molar-refractivity contribution in [2.45, 2.75) is 25.2 Å². The largest absolute Gasteiger partial charge is 0.434 e. The molecule has 0 spiro atoms. The number of ether oxygens (including phenoxy) is 1. The van der Waals surface area contributed by atoms with E-state index in [2.05, 4.69) is 15.2 Å². The normalized spacial score (nSPS) is 21.6. The van der Waals surface area contributed by atoms with E-state index < -0.39 is 12.7 Å². The lowest BCUT2D eigenvalue weighted by molar-refractivity contribution is -0.0494. The van der Waals surface area contributed by atoms with Crippen LogP contribution in [-0.2, 0) is 0 Å². The highest BCUT2D eigenvalue weighted by Crippen LogP contribution is 2.33. The number of aliphatic hydroxyl groups excluding tert-OH is 1. The summed E-state index contributed by atoms with van der Waals surface area (Å²) >= 11 is 5.95. The number of piperidine rings is 1. The Balaban J connectivity index is 1.92. The fourth-order valence-electron chi connectivity index (χ4n) is 2.67. The number of nitrogens with zero attached hydrogens (tertiary/aromatic N) is 2. The van der Waals surface area contributed by atoms with E-state index in [-0.39, 0.29) is 11.8 Å². The van der Waals surface area contributed by atoms with Gasteiger partial charge in [-0.2, -0.15) is 13.9 Å². The molecule has 8 heteroatoms. The molecule has 0 aliphatic carbocycles. The van der Waals surface area contributed by atoms with Crippen LogP contribution in [0.2, 0.25) is 5.02 Å². The maximum Gasteiger partial charge on any atom is 0.387 e. The third kappa shape index (κ3) is 3.63. The van der Waals surface area contributed by atoms with E-state index >= 15 is 0 Å². The topological polar surface area (TPSA) is 59.3 Å². The summed E-state index contributed by atoms with van der Waals surface area (Å²) in [7, 11) is 0. The Labute approximate surface area is 136 Å². The first kappa shape index (κ1) is 16.2. The van der Waals surface area contributed by atoms with Crippen molar-refractivity contribution >= 4 is 11.6 Å². The van der Waals surface area contributed by atoms with Crippen molar-refractivity contribution in [1.82, 2.24) is 15.1 Å². The van der Waals surface area contributed by atoms with Crippen molar-refractivity contribution in [3.05, 3.63) is 35.5 Å². The predicted octanol–water partition coefficient (Wildman–Crippen LogP) is 2.70. The highest BCUT2D eigenvalue weighted by Gasteiger charge is 2.25. The van der Waals surface area contributed by atoms with E-state index in [0.717, 1.165) is 6.54 Å². The predicted molar refractivity (Wildman–Crippen MR) is 81.8 cm³/mol. The Bertz CT molecular complexity index is 680. The zero-order valence-electron chi connectivity index (χ0n) is 12.1. The van der Waals surface area contributed by atoms with Gasteiger partial charge in [0.25, 0.3) is 0 Å². The Kier molecular flexibility index (Phi) is 4.79. The molecule has 0 unspecified atom stereocenters. The van der Waals surface area contributed by atoms with Gasteiger partial charge in [0.2, 0.25) is 0 Å². The van der Waals surface area contributed by atoms with Gasteiger partial charge in [0.05, 0.1) is 17.8 Å². The molecule has 1 fully saturated rings. The Morgan fingerprint density at radius 1 is 1.39 bits per heavy atom. The van der Waals surface area contributed by atoms with Gasteiger partial charge in [-0.3, -0.25) is 4.68 Å². The van der Waals surface area contributed by atoms with E-state index in [1.54, 1.807) is 16.9 Å². The number of benzene rings is 1. The molecule has 2 aromatic rings. The van der Waals surface area contributed by atoms with Crippen LogP contribution < -0.4 is 10.1 Å². The fourth-order valence-corrected chi connectivity index (χ4v) is 2.84. The van der Waals surface area contributed by atoms with E-state index in [0.29, 0.717) is 29.2 Å². The molecule has 3 rings (SSSR count). The zero-order valence-corrected chi connectivity index (χ0v) is 12.9. The minimum absolute atomic E-state index is 0.0111. The Morgan fingerprint density at radius 2 is 2.22 bits per heavy atom. The molecule has 124 valence electrons. The molecule has 1 aromatic heterocycles. The molecular weight excluding hydrogens is 328 g/mol. The smallest absolute Gasteiger partial charge is 0.387 e. The van der Waals surface area contributed by atoms with Crippen LogP contribution >= 0.6 is 11.6 Å². The maximum absolute atomic E-state index is 12.5. The SMILES string of the molecule is O[C@H]1CCNC[C@@H]1n1ccc(-c2cc(Cl)ccc2OC(F)F)n1. The second-order valence-corrected chi connectivity index (χ2v) is 5.76. The molecule has 2 atom stereocenters. The standard InChI is InChI=1S/C15H16ClF2N3O2/c16-9-1-2-14(23-15(17)18)10(7-9)11-4-6-21(20-11)12-8-19-5-3-13(12)22/h1-2,4,6-7,12-13,15,19,22H,3,5,8H2/t12-,13-/m0/s1. The summed E-state index contributed by atoms with van der Waals surface area (Å²) in [5.41, 5.74) is 0.843. The number of aliphatic hydroxyl groups is 1. The number of rotatable bonds is 4. The number of hydrogen-bond donors (Lipinski definition) is 2. The molecule has 0 bridgehead atoms. The minimum Gasteiger partial charge on any atom is -0.434 e. The van der Waals surface area contributed by atoms with E-state index in [4.69, 9.17) is 11.6 Å². The Morgan fingerprint density at radius 3 is 2.96 bits per heavy atom. The molecule has 1 saturated heterocycles. The molecule has 0 amide bonds. The summed E-state index contributed by atoms with van der Waals surface area (Å²) in [6.45, 7) is -1.58. The summed E-state index contributed by atoms with van der Waals surface area (Å²) in [4.78, 5) is 0. The highest BCUT2D eigenvalue weighted by molar-refractivity contribution is 6.30. The van der Waals surface area contributed by atoms with Crippen LogP contribution in [0.15, 0.2) is 30.5 Å². The van der Waals surface area contributed by atoms with Gasteiger partial charge in [-0.25, -0.2) is 0 Å². The summed E-state index contributed by atoms with van der Waals surface area (Å²) in [6.07, 6.45) is 1.85. The zero-order chi connectivity index (χ0) is 16.4. The molecule has 2 N–H and O–H groups in total. The summed E-state index contributed by atoms with van der Waals surface area (Å²) in [6, 6.07) is 5.89. The number of hydrogen-bond acceptors (Lipinski definition) is 4. The van der Waals surface area contributed by atoms with Crippen LogP contribution in [0.5, 0.6) is 5.75 Å². The van der Waals surface area contributed by atoms with Crippen LogP contribution in [-0.4, -0.2) is 40.7 Å². The number of nitrogens with one attached hydrogen (secondary N) is 1. The molecule has 5 nitrogen and oxygen atoms in total. The monoisotopic (exact) mass is 343 g/mol. The Hall–Kier alpha value is -1.70. The second kappa shape index (κ2) is 6.82. The van der Waals surface area contributed by atoms with Gasteiger partial charge >= 0.3 is 6.61 Å². The van der Waals surface area contributed by atoms with Gasteiger partial charge < -0.3 is 15.2 Å². The van der Waals surface area contributed by atoms with E-state index in [1.165, 1.54) is 18.2 Å². The first-order valence-corrected chi connectivity index (χ1v) is 7.61. The van der Waals surface area contributed by atoms with Crippen molar-refractivity contribution in [2.75, 3.05) is 13.1 Å². The van der Waals surface area contributed by atoms with Crippen LogP contribution in [0.25, 0.3) is 11.3 Å². The second-order valence-electron chi connectivity index (χ2n) is 5.33. The van der Waals surface area contributed by atoms with Gasteiger partial charge in [0.15, 0.2) is 0 Å². The lowest BCUT2D eigenvalue weighted by Crippen LogP contribution is -2.41. The van der Waals surface area contributed by atoms with Crippen LogP contribution in [0.3, 0.4) is 0 Å². The minimum atomic E-state index is -2.93. The lowest BCUT2D eigenvalue weighted by atomic mass is 10.0. The molecule has 2 heterocycles. The highest BCUT2D eigenvalue weighted by atomic mass is 35.5. The van der Waals surface area contributed by atoms with Crippen LogP contribution in [0, 0.1) is 0 Å². The third-order valence-corrected chi connectivity index (χ3v) is 4.03. The van der Waals surface area contributed by atoms with Crippen molar-refractivity contribution in [3.8, 4) is 17.0 Å². The molecule has 0 radical (unpaired) electrons. The fraction of sp³-hybridized carbons (Fsp3) is 0.400. The quantitative estimate of drug-likeness (QED) is 0.896. The summed E-state index contributed by atoms with van der Waals surface area (Å²) < 4.78 is 31.2. The molecule has 1 aliphatic rings. The number of alkyl halides is 2. The lowest BCUT2D eigenvalue weighted by Gasteiger charge is -2.28. The van der Waals surface area contributed by atoms with Crippen molar-refractivity contribution < 1.29 is 18.6 Å². The van der Waals surface area contributed by atoms with Crippen molar-refractivity contribution in [2.24, 2.45) is 0 Å². The molecule has 1 aromatic carbocycles. The third-order valence-electron chi connectivity index (χ3n) is 3.80. The van der Waals surface area contributed by atoms with Gasteiger partial charge in [-0.15, -0.1) is 0 Å². The van der Waals surface area contributed by atoms with E-state index in [1.807, 2.05) is 0 Å². The molecule has 0 saturated carbocycles.